The van der Waals surface area contributed by atoms with Crippen molar-refractivity contribution in [3.05, 3.63) is 24.3 Å². The highest BCUT2D eigenvalue weighted by atomic mass is 32.1. The number of hydrogen-bond donors (Lipinski definition) is 1. The Labute approximate surface area is 121 Å². The number of nitrogens with two attached hydrogens (primary N) is 1. The number of thiazole rings is 1. The monoisotopic (exact) mass is 292 g/mol. The maximum Gasteiger partial charge on any atom is 0.186 e. The Bertz CT molecular complexity index is 554. The van der Waals surface area contributed by atoms with Crippen molar-refractivity contribution in [2.24, 2.45) is 5.73 Å². The predicted molar refractivity (Wildman–Crippen MR) is 85.1 cm³/mol. The molecule has 1 aromatic heterocycles. The zero-order valence-corrected chi connectivity index (χ0v) is 12.2. The van der Waals surface area contributed by atoms with Crippen LogP contribution < -0.4 is 10.6 Å². The van der Waals surface area contributed by atoms with Gasteiger partial charge in [0, 0.05) is 32.7 Å². The summed E-state index contributed by atoms with van der Waals surface area (Å²) < 4.78 is 1.25. The molecule has 2 heterocycles. The molecule has 1 aliphatic rings. The van der Waals surface area contributed by atoms with E-state index in [1.165, 1.54) is 4.70 Å². The fraction of sp³-hybridized carbons (Fsp3) is 0.385. The van der Waals surface area contributed by atoms with Crippen molar-refractivity contribution < 1.29 is 0 Å². The molecule has 3 rings (SSSR count). The molecule has 0 radical (unpaired) electrons. The van der Waals surface area contributed by atoms with Crippen molar-refractivity contribution in [2.45, 2.75) is 0 Å². The fourth-order valence-electron chi connectivity index (χ4n) is 2.31. The van der Waals surface area contributed by atoms with Gasteiger partial charge < -0.3 is 10.6 Å². The average molecular weight is 292 g/mol. The van der Waals surface area contributed by atoms with Crippen LogP contribution >= 0.6 is 23.6 Å². The number of rotatable bonds is 3. The van der Waals surface area contributed by atoms with Gasteiger partial charge in [-0.1, -0.05) is 35.7 Å². The molecule has 2 aromatic rings. The standard InChI is InChI=1S/C13H16N4S2/c14-12(18)9-16-5-7-17(8-6-16)13-15-10-3-1-2-4-11(10)19-13/h1-4H,5-9H2,(H2,14,18). The summed E-state index contributed by atoms with van der Waals surface area (Å²) >= 11 is 6.72. The molecule has 100 valence electrons. The van der Waals surface area contributed by atoms with Crippen molar-refractivity contribution in [1.82, 2.24) is 9.88 Å². The lowest BCUT2D eigenvalue weighted by molar-refractivity contribution is 0.292. The maximum absolute atomic E-state index is 5.59. The lowest BCUT2D eigenvalue weighted by Crippen LogP contribution is -2.48. The second kappa shape index (κ2) is 5.40. The number of piperazine rings is 1. The zero-order chi connectivity index (χ0) is 13.2. The Morgan fingerprint density at radius 2 is 2.00 bits per heavy atom. The Hall–Kier alpha value is -1.24. The van der Waals surface area contributed by atoms with Crippen molar-refractivity contribution in [1.29, 1.82) is 0 Å². The second-order valence-electron chi connectivity index (χ2n) is 4.69. The van der Waals surface area contributed by atoms with E-state index in [-0.39, 0.29) is 0 Å². The van der Waals surface area contributed by atoms with E-state index in [2.05, 4.69) is 28.0 Å². The summed E-state index contributed by atoms with van der Waals surface area (Å²) in [6.45, 7) is 4.69. The van der Waals surface area contributed by atoms with E-state index < -0.39 is 0 Å². The van der Waals surface area contributed by atoms with Gasteiger partial charge in [-0.2, -0.15) is 0 Å². The molecule has 0 unspecified atom stereocenters. The summed E-state index contributed by atoms with van der Waals surface area (Å²) in [5.74, 6) is 0. The van der Waals surface area contributed by atoms with Gasteiger partial charge in [0.25, 0.3) is 0 Å². The van der Waals surface area contributed by atoms with Gasteiger partial charge in [0.15, 0.2) is 5.13 Å². The van der Waals surface area contributed by atoms with Gasteiger partial charge in [-0.15, -0.1) is 0 Å². The number of benzene rings is 1. The lowest BCUT2D eigenvalue weighted by Gasteiger charge is -2.34. The third-order valence-electron chi connectivity index (χ3n) is 3.30. The summed E-state index contributed by atoms with van der Waals surface area (Å²) in [5.41, 5.74) is 6.68. The molecular weight excluding hydrogens is 276 g/mol. The Kier molecular flexibility index (Phi) is 3.63. The molecule has 0 atom stereocenters. The van der Waals surface area contributed by atoms with Crippen LogP contribution in [0.3, 0.4) is 0 Å². The number of nitrogens with zero attached hydrogens (tertiary/aromatic N) is 3. The minimum atomic E-state index is 0.577. The first-order chi connectivity index (χ1) is 9.22. The first-order valence-electron chi connectivity index (χ1n) is 6.33. The molecule has 2 N–H and O–H groups in total. The average Bonchev–Trinajstić information content (AvgIpc) is 2.82. The molecule has 1 aliphatic heterocycles. The molecule has 4 nitrogen and oxygen atoms in total. The molecule has 1 saturated heterocycles. The predicted octanol–water partition coefficient (Wildman–Crippen LogP) is 1.70. The lowest BCUT2D eigenvalue weighted by atomic mass is 10.3. The first kappa shape index (κ1) is 12.8. The molecule has 0 aliphatic carbocycles. The van der Waals surface area contributed by atoms with Crippen molar-refractivity contribution in [3.63, 3.8) is 0 Å². The van der Waals surface area contributed by atoms with Crippen LogP contribution in [0.2, 0.25) is 0 Å². The highest BCUT2D eigenvalue weighted by Crippen LogP contribution is 2.28. The van der Waals surface area contributed by atoms with Crippen LogP contribution in [0.5, 0.6) is 0 Å². The Morgan fingerprint density at radius 1 is 1.26 bits per heavy atom. The van der Waals surface area contributed by atoms with Crippen LogP contribution in [-0.2, 0) is 0 Å². The normalized spacial score (nSPS) is 16.9. The van der Waals surface area contributed by atoms with Gasteiger partial charge in [0.1, 0.15) is 0 Å². The van der Waals surface area contributed by atoms with E-state index in [1.807, 2.05) is 6.07 Å². The van der Waals surface area contributed by atoms with E-state index >= 15 is 0 Å². The minimum Gasteiger partial charge on any atom is -0.392 e. The largest absolute Gasteiger partial charge is 0.392 e. The third-order valence-corrected chi connectivity index (χ3v) is 4.53. The SMILES string of the molecule is NC(=S)CN1CCN(c2nc3ccccc3s2)CC1. The quantitative estimate of drug-likeness (QED) is 0.873. The van der Waals surface area contributed by atoms with Gasteiger partial charge in [0.05, 0.1) is 15.2 Å². The van der Waals surface area contributed by atoms with Crippen LogP contribution in [0.25, 0.3) is 10.2 Å². The molecule has 0 saturated carbocycles. The van der Waals surface area contributed by atoms with Crippen LogP contribution in [0.15, 0.2) is 24.3 Å². The van der Waals surface area contributed by atoms with Crippen LogP contribution in [0.4, 0.5) is 5.13 Å². The third kappa shape index (κ3) is 2.86. The Balaban J connectivity index is 1.69. The highest BCUT2D eigenvalue weighted by molar-refractivity contribution is 7.80. The van der Waals surface area contributed by atoms with Gasteiger partial charge >= 0.3 is 0 Å². The van der Waals surface area contributed by atoms with Gasteiger partial charge in [-0.05, 0) is 12.1 Å². The van der Waals surface area contributed by atoms with Crippen molar-refractivity contribution >= 4 is 43.9 Å². The molecule has 0 bridgehead atoms. The van der Waals surface area contributed by atoms with E-state index in [1.54, 1.807) is 11.3 Å². The van der Waals surface area contributed by atoms with E-state index in [0.29, 0.717) is 4.99 Å². The van der Waals surface area contributed by atoms with Gasteiger partial charge in [-0.3, -0.25) is 4.90 Å². The first-order valence-corrected chi connectivity index (χ1v) is 7.56. The summed E-state index contributed by atoms with van der Waals surface area (Å²) in [5, 5.41) is 1.12. The molecule has 0 amide bonds. The van der Waals surface area contributed by atoms with Gasteiger partial charge in [-0.25, -0.2) is 4.98 Å². The molecule has 1 fully saturated rings. The van der Waals surface area contributed by atoms with Crippen LogP contribution in [-0.4, -0.2) is 47.6 Å². The zero-order valence-electron chi connectivity index (χ0n) is 10.6. The molecule has 0 spiro atoms. The van der Waals surface area contributed by atoms with E-state index in [0.717, 1.165) is 43.4 Å². The van der Waals surface area contributed by atoms with E-state index in [4.69, 9.17) is 22.9 Å². The molecule has 1 aromatic carbocycles. The Morgan fingerprint density at radius 3 is 2.68 bits per heavy atom. The summed E-state index contributed by atoms with van der Waals surface area (Å²) in [7, 11) is 0. The number of fused-ring (bicyclic) bond motifs is 1. The van der Waals surface area contributed by atoms with Crippen LogP contribution in [0, 0.1) is 0 Å². The van der Waals surface area contributed by atoms with Crippen molar-refractivity contribution in [2.75, 3.05) is 37.6 Å². The smallest absolute Gasteiger partial charge is 0.186 e. The molecule has 19 heavy (non-hydrogen) atoms. The number of aromatic nitrogens is 1. The second-order valence-corrected chi connectivity index (χ2v) is 6.23. The van der Waals surface area contributed by atoms with E-state index in [9.17, 15) is 0 Å². The van der Waals surface area contributed by atoms with Crippen molar-refractivity contribution in [3.8, 4) is 0 Å². The summed E-state index contributed by atoms with van der Waals surface area (Å²) in [4.78, 5) is 9.92. The minimum absolute atomic E-state index is 0.577. The highest BCUT2D eigenvalue weighted by Gasteiger charge is 2.19. The summed E-state index contributed by atoms with van der Waals surface area (Å²) in [6, 6.07) is 8.29. The molecule has 6 heteroatoms. The molecular formula is C13H16N4S2. The number of hydrogen-bond acceptors (Lipinski definition) is 5. The summed E-state index contributed by atoms with van der Waals surface area (Å²) in [6.07, 6.45) is 0. The fourth-order valence-corrected chi connectivity index (χ4v) is 3.51. The number of para-hydroxylation sites is 1. The maximum atomic E-state index is 5.59. The van der Waals surface area contributed by atoms with Crippen LogP contribution in [0.1, 0.15) is 0 Å². The number of anilines is 1. The van der Waals surface area contributed by atoms with Gasteiger partial charge in [0.2, 0.25) is 0 Å². The number of thiocarbonyl (C=S) groups is 1. The topological polar surface area (TPSA) is 45.4 Å².